The highest BCUT2D eigenvalue weighted by Crippen LogP contribution is 2.35. The van der Waals surface area contributed by atoms with E-state index in [1.165, 1.54) is 25.7 Å². The van der Waals surface area contributed by atoms with Gasteiger partial charge in [0.15, 0.2) is 5.82 Å². The minimum Gasteiger partial charge on any atom is -0.233 e. The van der Waals surface area contributed by atoms with Gasteiger partial charge in [-0.15, -0.1) is 0 Å². The molecule has 0 spiro atoms. The van der Waals surface area contributed by atoms with Crippen molar-refractivity contribution in [1.29, 1.82) is 0 Å². The van der Waals surface area contributed by atoms with Crippen LogP contribution in [0.4, 0.5) is 0 Å². The molecule has 0 aliphatic heterocycles. The third kappa shape index (κ3) is 2.93. The molecule has 1 heterocycles. The van der Waals surface area contributed by atoms with Gasteiger partial charge in [0.25, 0.3) is 0 Å². The fourth-order valence-corrected chi connectivity index (χ4v) is 3.12. The van der Waals surface area contributed by atoms with E-state index in [0.29, 0.717) is 26.9 Å². The zero-order valence-corrected chi connectivity index (χ0v) is 13.0. The Hall–Kier alpha value is -0.830. The summed E-state index contributed by atoms with van der Waals surface area (Å²) in [5.41, 5.74) is 1.87. The van der Waals surface area contributed by atoms with Crippen molar-refractivity contribution in [2.75, 3.05) is 0 Å². The van der Waals surface area contributed by atoms with Crippen LogP contribution < -0.4 is 0 Å². The van der Waals surface area contributed by atoms with Crippen LogP contribution in [0.2, 0.25) is 15.2 Å². The van der Waals surface area contributed by atoms with Gasteiger partial charge in [-0.05, 0) is 37.1 Å². The molecule has 0 amide bonds. The van der Waals surface area contributed by atoms with Gasteiger partial charge < -0.3 is 0 Å². The summed E-state index contributed by atoms with van der Waals surface area (Å²) >= 11 is 18.1. The summed E-state index contributed by atoms with van der Waals surface area (Å²) in [7, 11) is 0. The molecule has 0 N–H and O–H groups in total. The zero-order valence-electron chi connectivity index (χ0n) is 10.7. The van der Waals surface area contributed by atoms with Gasteiger partial charge >= 0.3 is 0 Å². The van der Waals surface area contributed by atoms with Crippen LogP contribution in [0.5, 0.6) is 0 Å². The minimum atomic E-state index is 0.475. The van der Waals surface area contributed by atoms with E-state index in [0.717, 1.165) is 11.3 Å². The van der Waals surface area contributed by atoms with E-state index in [1.807, 2.05) is 12.1 Å². The molecular formula is C15H13Cl3N2. The second kappa shape index (κ2) is 5.88. The van der Waals surface area contributed by atoms with E-state index in [-0.39, 0.29) is 0 Å². The van der Waals surface area contributed by atoms with Crippen molar-refractivity contribution in [3.63, 3.8) is 0 Å². The fourth-order valence-electron chi connectivity index (χ4n) is 2.63. The van der Waals surface area contributed by atoms with Crippen molar-refractivity contribution in [3.8, 4) is 11.4 Å². The van der Waals surface area contributed by atoms with Crippen molar-refractivity contribution < 1.29 is 0 Å². The molecule has 0 bridgehead atoms. The molecule has 1 aromatic carbocycles. The number of benzene rings is 1. The SMILES string of the molecule is Clc1cc(C2CCCC2)nc(-c2ccc(Cl)c(Cl)c2)n1. The highest BCUT2D eigenvalue weighted by Gasteiger charge is 2.20. The number of rotatable bonds is 2. The molecule has 1 aliphatic rings. The van der Waals surface area contributed by atoms with E-state index in [4.69, 9.17) is 34.8 Å². The van der Waals surface area contributed by atoms with Gasteiger partial charge in [0, 0.05) is 17.2 Å². The molecule has 1 saturated carbocycles. The molecule has 2 aromatic rings. The van der Waals surface area contributed by atoms with Crippen LogP contribution in [0, 0.1) is 0 Å². The predicted octanol–water partition coefficient (Wildman–Crippen LogP) is 5.76. The maximum absolute atomic E-state index is 6.14. The first-order valence-electron chi connectivity index (χ1n) is 6.63. The molecule has 1 aliphatic carbocycles. The Labute approximate surface area is 133 Å². The van der Waals surface area contributed by atoms with Crippen LogP contribution >= 0.6 is 34.8 Å². The molecule has 0 unspecified atom stereocenters. The van der Waals surface area contributed by atoms with Crippen LogP contribution in [0.3, 0.4) is 0 Å². The summed E-state index contributed by atoms with van der Waals surface area (Å²) in [5, 5.41) is 1.49. The number of nitrogens with zero attached hydrogens (tertiary/aromatic N) is 2. The molecule has 5 heteroatoms. The van der Waals surface area contributed by atoms with Crippen LogP contribution in [0.25, 0.3) is 11.4 Å². The Morgan fingerprint density at radius 2 is 1.65 bits per heavy atom. The summed E-state index contributed by atoms with van der Waals surface area (Å²) in [6, 6.07) is 7.25. The molecule has 0 saturated heterocycles. The van der Waals surface area contributed by atoms with Crippen LogP contribution in [0.15, 0.2) is 24.3 Å². The van der Waals surface area contributed by atoms with Crippen LogP contribution in [-0.2, 0) is 0 Å². The second-order valence-corrected chi connectivity index (χ2v) is 6.25. The largest absolute Gasteiger partial charge is 0.233 e. The quantitative estimate of drug-likeness (QED) is 0.655. The molecule has 2 nitrogen and oxygen atoms in total. The van der Waals surface area contributed by atoms with Gasteiger partial charge in [-0.25, -0.2) is 9.97 Å². The van der Waals surface area contributed by atoms with E-state index in [1.54, 1.807) is 12.1 Å². The lowest BCUT2D eigenvalue weighted by Crippen LogP contribution is -2.00. The molecule has 104 valence electrons. The third-order valence-corrected chi connectivity index (χ3v) is 4.60. The molecule has 0 radical (unpaired) electrons. The van der Waals surface area contributed by atoms with E-state index in [9.17, 15) is 0 Å². The highest BCUT2D eigenvalue weighted by atomic mass is 35.5. The first-order chi connectivity index (χ1) is 9.63. The third-order valence-electron chi connectivity index (χ3n) is 3.67. The van der Waals surface area contributed by atoms with Crippen molar-refractivity contribution in [3.05, 3.63) is 45.2 Å². The lowest BCUT2D eigenvalue weighted by molar-refractivity contribution is 0.695. The maximum Gasteiger partial charge on any atom is 0.161 e. The monoisotopic (exact) mass is 326 g/mol. The number of hydrogen-bond acceptors (Lipinski definition) is 2. The van der Waals surface area contributed by atoms with E-state index >= 15 is 0 Å². The summed E-state index contributed by atoms with van der Waals surface area (Å²) in [5.74, 6) is 1.11. The minimum absolute atomic E-state index is 0.475. The molecule has 0 atom stereocenters. The van der Waals surface area contributed by atoms with Crippen LogP contribution in [0.1, 0.15) is 37.3 Å². The van der Waals surface area contributed by atoms with E-state index < -0.39 is 0 Å². The Morgan fingerprint density at radius 3 is 2.35 bits per heavy atom. The lowest BCUT2D eigenvalue weighted by Gasteiger charge is -2.11. The average Bonchev–Trinajstić information content (AvgIpc) is 2.95. The summed E-state index contributed by atoms with van der Waals surface area (Å²) < 4.78 is 0. The van der Waals surface area contributed by atoms with Crippen molar-refractivity contribution in [2.45, 2.75) is 31.6 Å². The highest BCUT2D eigenvalue weighted by molar-refractivity contribution is 6.42. The summed E-state index contributed by atoms with van der Waals surface area (Å²) in [4.78, 5) is 8.96. The molecule has 1 aromatic heterocycles. The van der Waals surface area contributed by atoms with Gasteiger partial charge in [0.1, 0.15) is 5.15 Å². The van der Waals surface area contributed by atoms with Gasteiger partial charge in [-0.1, -0.05) is 47.6 Å². The maximum atomic E-state index is 6.14. The Morgan fingerprint density at radius 1 is 0.900 bits per heavy atom. The normalized spacial score (nSPS) is 15.8. The smallest absolute Gasteiger partial charge is 0.161 e. The number of halogens is 3. The van der Waals surface area contributed by atoms with Crippen molar-refractivity contribution >= 4 is 34.8 Å². The first kappa shape index (κ1) is 14.1. The van der Waals surface area contributed by atoms with Gasteiger partial charge in [-0.2, -0.15) is 0 Å². The average molecular weight is 328 g/mol. The number of aromatic nitrogens is 2. The Kier molecular flexibility index (Phi) is 4.16. The summed E-state index contributed by atoms with van der Waals surface area (Å²) in [6.07, 6.45) is 4.87. The Bertz CT molecular complexity index is 637. The zero-order chi connectivity index (χ0) is 14.1. The standard InChI is InChI=1S/C15H13Cl3N2/c16-11-6-5-10(7-12(11)17)15-19-13(8-14(18)20-15)9-3-1-2-4-9/h5-9H,1-4H2. The molecular weight excluding hydrogens is 315 g/mol. The van der Waals surface area contributed by atoms with Gasteiger partial charge in [0.05, 0.1) is 10.0 Å². The number of hydrogen-bond donors (Lipinski definition) is 0. The second-order valence-electron chi connectivity index (χ2n) is 5.05. The van der Waals surface area contributed by atoms with Crippen molar-refractivity contribution in [2.24, 2.45) is 0 Å². The topological polar surface area (TPSA) is 25.8 Å². The van der Waals surface area contributed by atoms with Crippen molar-refractivity contribution in [1.82, 2.24) is 9.97 Å². The van der Waals surface area contributed by atoms with Gasteiger partial charge in [-0.3, -0.25) is 0 Å². The van der Waals surface area contributed by atoms with Crippen LogP contribution in [-0.4, -0.2) is 9.97 Å². The van der Waals surface area contributed by atoms with Gasteiger partial charge in [0.2, 0.25) is 0 Å². The molecule has 3 rings (SSSR count). The Balaban J connectivity index is 2.02. The first-order valence-corrected chi connectivity index (χ1v) is 7.77. The fraction of sp³-hybridized carbons (Fsp3) is 0.333. The van der Waals surface area contributed by atoms with E-state index in [2.05, 4.69) is 9.97 Å². The molecule has 20 heavy (non-hydrogen) atoms. The predicted molar refractivity (Wildman–Crippen MR) is 83.7 cm³/mol. The summed E-state index contributed by atoms with van der Waals surface area (Å²) in [6.45, 7) is 0. The molecule has 1 fully saturated rings. The lowest BCUT2D eigenvalue weighted by atomic mass is 10.0.